The maximum absolute atomic E-state index is 11.6. The molecule has 0 aliphatic heterocycles. The lowest BCUT2D eigenvalue weighted by molar-refractivity contribution is -0.116. The molecule has 2 aromatic heterocycles. The number of carbonyl (C=O) groups is 1. The summed E-state index contributed by atoms with van der Waals surface area (Å²) in [5.74, 6) is -0.116. The Hall–Kier alpha value is -1.66. The molecular weight excluding hydrogens is 265 g/mol. The van der Waals surface area contributed by atoms with Crippen molar-refractivity contribution >= 4 is 34.9 Å². The van der Waals surface area contributed by atoms with Gasteiger partial charge in [0.25, 0.3) is 0 Å². The zero-order valence-corrected chi connectivity index (χ0v) is 9.98. The van der Waals surface area contributed by atoms with Crippen molar-refractivity contribution in [2.24, 2.45) is 0 Å². The van der Waals surface area contributed by atoms with Crippen LogP contribution >= 0.6 is 23.2 Å². The van der Waals surface area contributed by atoms with Gasteiger partial charge in [0.2, 0.25) is 5.91 Å². The Kier molecular flexibility index (Phi) is 3.55. The van der Waals surface area contributed by atoms with Crippen LogP contribution in [0.15, 0.2) is 24.8 Å². The monoisotopic (exact) mass is 271 g/mol. The highest BCUT2D eigenvalue weighted by atomic mass is 35.5. The summed E-state index contributed by atoms with van der Waals surface area (Å²) in [4.78, 5) is 19.1. The predicted octanol–water partition coefficient (Wildman–Crippen LogP) is 1.62. The molecule has 0 unspecified atom stereocenters. The minimum atomic E-state index is -0.301. The summed E-state index contributed by atoms with van der Waals surface area (Å²) < 4.78 is 1.48. The van der Waals surface area contributed by atoms with Gasteiger partial charge in [-0.1, -0.05) is 23.2 Å². The van der Waals surface area contributed by atoms with Gasteiger partial charge in [0.1, 0.15) is 17.9 Å². The molecule has 0 radical (unpaired) electrons. The molecule has 0 aliphatic rings. The molecular formula is C9H7Cl2N5O. The van der Waals surface area contributed by atoms with E-state index in [0.717, 1.165) is 0 Å². The fourth-order valence-electron chi connectivity index (χ4n) is 1.15. The number of hydrogen-bond donors (Lipinski definition) is 1. The van der Waals surface area contributed by atoms with Crippen LogP contribution in [-0.4, -0.2) is 25.7 Å². The van der Waals surface area contributed by atoms with Crippen LogP contribution in [-0.2, 0) is 11.3 Å². The fourth-order valence-corrected chi connectivity index (χ4v) is 1.43. The average molecular weight is 272 g/mol. The Morgan fingerprint density at radius 2 is 2.24 bits per heavy atom. The van der Waals surface area contributed by atoms with Gasteiger partial charge < -0.3 is 5.32 Å². The van der Waals surface area contributed by atoms with E-state index in [2.05, 4.69) is 20.4 Å². The topological polar surface area (TPSA) is 72.7 Å². The molecule has 88 valence electrons. The van der Waals surface area contributed by atoms with E-state index in [4.69, 9.17) is 23.2 Å². The van der Waals surface area contributed by atoms with Crippen LogP contribution in [0.1, 0.15) is 0 Å². The van der Waals surface area contributed by atoms with E-state index < -0.39 is 0 Å². The molecule has 0 saturated heterocycles. The third-order valence-electron chi connectivity index (χ3n) is 1.87. The lowest BCUT2D eigenvalue weighted by atomic mass is 10.5. The van der Waals surface area contributed by atoms with Crippen molar-refractivity contribution in [2.45, 2.75) is 6.54 Å². The van der Waals surface area contributed by atoms with Crippen LogP contribution in [0.3, 0.4) is 0 Å². The Labute approximate surface area is 107 Å². The summed E-state index contributed by atoms with van der Waals surface area (Å²) in [5.41, 5.74) is 0. The molecule has 1 N–H and O–H groups in total. The van der Waals surface area contributed by atoms with Crippen molar-refractivity contribution in [3.63, 3.8) is 0 Å². The number of carbonyl (C=O) groups excluding carboxylic acids is 1. The molecule has 0 bridgehead atoms. The molecule has 1 amide bonds. The van der Waals surface area contributed by atoms with Gasteiger partial charge >= 0.3 is 0 Å². The first-order valence-electron chi connectivity index (χ1n) is 4.60. The highest BCUT2D eigenvalue weighted by molar-refractivity contribution is 6.42. The minimum Gasteiger partial charge on any atom is -0.308 e. The zero-order valence-electron chi connectivity index (χ0n) is 8.47. The Morgan fingerprint density at radius 3 is 2.94 bits per heavy atom. The fraction of sp³-hybridized carbons (Fsp3) is 0.111. The molecule has 2 aromatic rings. The van der Waals surface area contributed by atoms with Gasteiger partial charge in [0.15, 0.2) is 11.0 Å². The second kappa shape index (κ2) is 5.11. The normalized spacial score (nSPS) is 10.2. The molecule has 0 aromatic carbocycles. The smallest absolute Gasteiger partial charge is 0.247 e. The van der Waals surface area contributed by atoms with E-state index in [-0.39, 0.29) is 28.4 Å². The van der Waals surface area contributed by atoms with Gasteiger partial charge in [0.05, 0.1) is 0 Å². The highest BCUT2D eigenvalue weighted by Crippen LogP contribution is 2.25. The number of nitrogens with one attached hydrogen (secondary N) is 1. The van der Waals surface area contributed by atoms with Crippen molar-refractivity contribution in [3.8, 4) is 0 Å². The van der Waals surface area contributed by atoms with Crippen molar-refractivity contribution in [1.82, 2.24) is 19.7 Å². The van der Waals surface area contributed by atoms with Crippen LogP contribution in [0.2, 0.25) is 10.2 Å². The Morgan fingerprint density at radius 1 is 1.41 bits per heavy atom. The van der Waals surface area contributed by atoms with Gasteiger partial charge in [0, 0.05) is 12.4 Å². The van der Waals surface area contributed by atoms with E-state index in [1.54, 1.807) is 18.5 Å². The quantitative estimate of drug-likeness (QED) is 0.862. The summed E-state index contributed by atoms with van der Waals surface area (Å²) in [7, 11) is 0. The average Bonchev–Trinajstić information content (AvgIpc) is 2.77. The van der Waals surface area contributed by atoms with E-state index >= 15 is 0 Å². The van der Waals surface area contributed by atoms with Crippen LogP contribution in [0.5, 0.6) is 0 Å². The first-order valence-corrected chi connectivity index (χ1v) is 5.35. The zero-order chi connectivity index (χ0) is 12.3. The lowest BCUT2D eigenvalue weighted by Gasteiger charge is -2.06. The number of rotatable bonds is 3. The molecule has 0 fully saturated rings. The first-order chi connectivity index (χ1) is 8.16. The maximum Gasteiger partial charge on any atom is 0.247 e. The SMILES string of the molecule is O=C(Cn1cccn1)Nc1ncnc(Cl)c1Cl. The number of anilines is 1. The largest absolute Gasteiger partial charge is 0.308 e. The van der Waals surface area contributed by atoms with Crippen LogP contribution in [0.25, 0.3) is 0 Å². The predicted molar refractivity (Wildman–Crippen MR) is 62.9 cm³/mol. The molecule has 6 nitrogen and oxygen atoms in total. The van der Waals surface area contributed by atoms with Crippen LogP contribution < -0.4 is 5.32 Å². The second-order valence-electron chi connectivity index (χ2n) is 3.08. The van der Waals surface area contributed by atoms with Crippen molar-refractivity contribution < 1.29 is 4.79 Å². The number of aromatic nitrogens is 4. The van der Waals surface area contributed by atoms with Crippen molar-refractivity contribution in [3.05, 3.63) is 35.0 Å². The molecule has 8 heteroatoms. The highest BCUT2D eigenvalue weighted by Gasteiger charge is 2.10. The van der Waals surface area contributed by atoms with Gasteiger partial charge in [-0.25, -0.2) is 9.97 Å². The molecule has 0 aliphatic carbocycles. The number of nitrogens with zero attached hydrogens (tertiary/aromatic N) is 4. The molecule has 2 rings (SSSR count). The second-order valence-corrected chi connectivity index (χ2v) is 3.81. The summed E-state index contributed by atoms with van der Waals surface area (Å²) >= 11 is 11.5. The molecule has 0 spiro atoms. The molecule has 2 heterocycles. The van der Waals surface area contributed by atoms with Gasteiger partial charge in [-0.15, -0.1) is 0 Å². The van der Waals surface area contributed by atoms with E-state index in [0.29, 0.717) is 0 Å². The number of amides is 1. The third-order valence-corrected chi connectivity index (χ3v) is 2.61. The van der Waals surface area contributed by atoms with E-state index in [9.17, 15) is 4.79 Å². The Bertz CT molecular complexity index is 528. The Balaban J connectivity index is 2.06. The molecule has 17 heavy (non-hydrogen) atoms. The summed E-state index contributed by atoms with van der Waals surface area (Å²) in [6.45, 7) is 0.0744. The summed E-state index contributed by atoms with van der Waals surface area (Å²) in [6.07, 6.45) is 4.48. The van der Waals surface area contributed by atoms with E-state index in [1.807, 2.05) is 0 Å². The standard InChI is InChI=1S/C9H7Cl2N5O/c10-7-8(11)12-5-13-9(7)15-6(17)4-16-3-1-2-14-16/h1-3,5H,4H2,(H,12,13,15,17). The minimum absolute atomic E-state index is 0.0744. The van der Waals surface area contributed by atoms with Gasteiger partial charge in [-0.2, -0.15) is 5.10 Å². The van der Waals surface area contributed by atoms with Gasteiger partial charge in [-0.3, -0.25) is 9.48 Å². The lowest BCUT2D eigenvalue weighted by Crippen LogP contribution is -2.20. The van der Waals surface area contributed by atoms with Crippen molar-refractivity contribution in [2.75, 3.05) is 5.32 Å². The van der Waals surface area contributed by atoms with Gasteiger partial charge in [-0.05, 0) is 6.07 Å². The first kappa shape index (κ1) is 11.8. The molecule has 0 atom stereocenters. The summed E-state index contributed by atoms with van der Waals surface area (Å²) in [5, 5.41) is 6.63. The number of hydrogen-bond acceptors (Lipinski definition) is 4. The summed E-state index contributed by atoms with van der Waals surface area (Å²) in [6, 6.07) is 1.72. The van der Waals surface area contributed by atoms with Crippen molar-refractivity contribution in [1.29, 1.82) is 0 Å². The van der Waals surface area contributed by atoms with E-state index in [1.165, 1.54) is 11.0 Å². The maximum atomic E-state index is 11.6. The van der Waals surface area contributed by atoms with Crippen LogP contribution in [0.4, 0.5) is 5.82 Å². The van der Waals surface area contributed by atoms with Crippen LogP contribution in [0, 0.1) is 0 Å². The molecule has 0 saturated carbocycles. The third kappa shape index (κ3) is 2.92. The number of halogens is 2.